The van der Waals surface area contributed by atoms with Crippen LogP contribution in [0, 0.1) is 0 Å². The van der Waals surface area contributed by atoms with Crippen molar-refractivity contribution >= 4 is 56.3 Å². The molecule has 2 aromatic heterocycles. The van der Waals surface area contributed by atoms with Crippen molar-refractivity contribution in [3.05, 3.63) is 324 Å². The molecule has 0 atom stereocenters. The molecule has 0 spiro atoms. The van der Waals surface area contributed by atoms with Crippen molar-refractivity contribution in [3.63, 3.8) is 0 Å². The Balaban J connectivity index is 1.10. The second-order valence-corrected chi connectivity index (χ2v) is 19.5. The molecular formula is C70H46N4O2. The average molecular weight is 975 g/mol. The van der Waals surface area contributed by atoms with Gasteiger partial charge in [-0.2, -0.15) is 0 Å². The van der Waals surface area contributed by atoms with E-state index < -0.39 is 10.8 Å². The SMILES string of the molecule is c1ccc(-c2nc3c(N4c5ccccc5C(c5ccccc5)(c5ccccc5)c5ccccc54)c4oc(-c5ccccc5)nc4c(N4c5ccccc5C(c5ccccc5)(c5ccccc5)c5ccccc54)c3o2)cc1. The first-order valence-corrected chi connectivity index (χ1v) is 25.8. The molecule has 0 aliphatic carbocycles. The number of hydrogen-bond acceptors (Lipinski definition) is 6. The van der Waals surface area contributed by atoms with E-state index >= 15 is 0 Å². The van der Waals surface area contributed by atoms with Gasteiger partial charge in [0.15, 0.2) is 11.2 Å². The molecule has 0 radical (unpaired) electrons. The first kappa shape index (κ1) is 43.5. The molecular weight excluding hydrogens is 929 g/mol. The summed E-state index contributed by atoms with van der Waals surface area (Å²) in [5.74, 6) is 0.967. The minimum Gasteiger partial charge on any atom is -0.434 e. The third kappa shape index (κ3) is 6.22. The van der Waals surface area contributed by atoms with Crippen LogP contribution in [0.3, 0.4) is 0 Å². The monoisotopic (exact) mass is 974 g/mol. The van der Waals surface area contributed by atoms with Crippen molar-refractivity contribution in [1.82, 2.24) is 9.97 Å². The number of rotatable bonds is 8. The van der Waals surface area contributed by atoms with Gasteiger partial charge in [0.2, 0.25) is 11.8 Å². The Labute approximate surface area is 440 Å². The Bertz CT molecular complexity index is 3780. The van der Waals surface area contributed by atoms with Gasteiger partial charge in [-0.05, 0) is 93.0 Å². The Morgan fingerprint density at radius 2 is 0.500 bits per heavy atom. The summed E-state index contributed by atoms with van der Waals surface area (Å²) in [5, 5.41) is 0. The maximum absolute atomic E-state index is 7.44. The minimum atomic E-state index is -0.703. The van der Waals surface area contributed by atoms with Crippen LogP contribution >= 0.6 is 0 Å². The molecule has 0 amide bonds. The van der Waals surface area contributed by atoms with Crippen LogP contribution in [-0.4, -0.2) is 9.97 Å². The van der Waals surface area contributed by atoms with Crippen LogP contribution in [0.25, 0.3) is 45.1 Å². The standard InChI is InChI=1S/C70H46N4O2/c1-7-27-47(28-8-1)67-71-61-63(73-57-43-23-19-39-53(57)69(49-31-11-3-12-32-49,50-33-13-4-14-34-50)54-40-20-24-44-58(54)73)66-62(72-68(76-66)48-29-9-2-10-30-48)64(65(61)75-67)74-59-45-25-21-41-55(59)70(51-35-15-5-16-36-51,52-37-17-6-18-38-52)56-42-22-26-46-60(56)74/h1-46H. The number of fused-ring (bicyclic) bond motifs is 6. The summed E-state index contributed by atoms with van der Waals surface area (Å²) >= 11 is 0. The Morgan fingerprint density at radius 1 is 0.263 bits per heavy atom. The predicted octanol–water partition coefficient (Wildman–Crippen LogP) is 17.6. The maximum atomic E-state index is 7.44. The summed E-state index contributed by atoms with van der Waals surface area (Å²) in [5.41, 5.74) is 17.2. The zero-order valence-corrected chi connectivity index (χ0v) is 41.2. The summed E-state index contributed by atoms with van der Waals surface area (Å²) < 4.78 is 14.9. The number of benzene rings is 11. The fourth-order valence-electron chi connectivity index (χ4n) is 12.6. The molecule has 0 saturated carbocycles. The van der Waals surface area contributed by atoms with Crippen molar-refractivity contribution in [3.8, 4) is 22.9 Å². The second-order valence-electron chi connectivity index (χ2n) is 19.5. The highest BCUT2D eigenvalue weighted by Crippen LogP contribution is 2.63. The highest BCUT2D eigenvalue weighted by molar-refractivity contribution is 6.20. The van der Waals surface area contributed by atoms with E-state index in [0.717, 1.165) is 89.8 Å². The average Bonchev–Trinajstić information content (AvgIpc) is 4.23. The molecule has 0 N–H and O–H groups in total. The fourth-order valence-corrected chi connectivity index (χ4v) is 12.6. The van der Waals surface area contributed by atoms with Crippen molar-refractivity contribution in [2.45, 2.75) is 10.8 Å². The number of para-hydroxylation sites is 4. The van der Waals surface area contributed by atoms with Crippen LogP contribution < -0.4 is 9.80 Å². The van der Waals surface area contributed by atoms with E-state index in [1.165, 1.54) is 0 Å². The molecule has 0 unspecified atom stereocenters. The van der Waals surface area contributed by atoms with Gasteiger partial charge < -0.3 is 18.6 Å². The molecule has 6 nitrogen and oxygen atoms in total. The molecule has 6 heteroatoms. The van der Waals surface area contributed by atoms with Gasteiger partial charge in [-0.15, -0.1) is 0 Å². The Morgan fingerprint density at radius 3 is 0.776 bits per heavy atom. The molecule has 13 aromatic rings. The summed E-state index contributed by atoms with van der Waals surface area (Å²) in [6.07, 6.45) is 0. The van der Waals surface area contributed by atoms with Crippen LogP contribution in [-0.2, 0) is 10.8 Å². The zero-order chi connectivity index (χ0) is 50.2. The highest BCUT2D eigenvalue weighted by atomic mass is 16.4. The van der Waals surface area contributed by atoms with Gasteiger partial charge in [-0.3, -0.25) is 0 Å². The van der Waals surface area contributed by atoms with E-state index in [1.54, 1.807) is 0 Å². The third-order valence-corrected chi connectivity index (χ3v) is 15.6. The van der Waals surface area contributed by atoms with Crippen molar-refractivity contribution < 1.29 is 8.83 Å². The summed E-state index contributed by atoms with van der Waals surface area (Å²) in [4.78, 5) is 16.0. The number of oxazole rings is 2. The molecule has 0 saturated heterocycles. The topological polar surface area (TPSA) is 58.5 Å². The van der Waals surface area contributed by atoms with Crippen LogP contribution in [0.2, 0.25) is 0 Å². The molecule has 2 aliphatic heterocycles. The maximum Gasteiger partial charge on any atom is 0.227 e. The lowest BCUT2D eigenvalue weighted by Gasteiger charge is -2.47. The fraction of sp³-hybridized carbons (Fsp3) is 0.0286. The van der Waals surface area contributed by atoms with Gasteiger partial charge in [-0.1, -0.05) is 231 Å². The Hall–Kier alpha value is -10.0. The zero-order valence-electron chi connectivity index (χ0n) is 41.2. The smallest absolute Gasteiger partial charge is 0.227 e. The lowest BCUT2D eigenvalue weighted by atomic mass is 9.62. The van der Waals surface area contributed by atoms with Crippen LogP contribution in [0.1, 0.15) is 44.5 Å². The normalized spacial score (nSPS) is 13.9. The third-order valence-electron chi connectivity index (χ3n) is 15.6. The second kappa shape index (κ2) is 17.3. The van der Waals surface area contributed by atoms with Crippen LogP contribution in [0.5, 0.6) is 0 Å². The van der Waals surface area contributed by atoms with Crippen LogP contribution in [0.15, 0.2) is 288 Å². The van der Waals surface area contributed by atoms with E-state index in [4.69, 9.17) is 18.8 Å². The molecule has 0 fully saturated rings. The number of nitrogens with zero attached hydrogens (tertiary/aromatic N) is 4. The first-order chi connectivity index (χ1) is 37.7. The Kier molecular flexibility index (Phi) is 9.91. The van der Waals surface area contributed by atoms with Gasteiger partial charge in [0, 0.05) is 11.1 Å². The van der Waals surface area contributed by atoms with E-state index in [0.29, 0.717) is 34.0 Å². The lowest BCUT2D eigenvalue weighted by molar-refractivity contribution is 0.617. The number of anilines is 6. The summed E-state index contributed by atoms with van der Waals surface area (Å²) in [6, 6.07) is 99.1. The molecule has 11 aromatic carbocycles. The quantitative estimate of drug-likeness (QED) is 0.151. The van der Waals surface area contributed by atoms with E-state index in [1.807, 2.05) is 36.4 Å². The molecule has 0 bridgehead atoms. The van der Waals surface area contributed by atoms with Crippen LogP contribution in [0.4, 0.5) is 34.1 Å². The van der Waals surface area contributed by atoms with E-state index in [9.17, 15) is 0 Å². The van der Waals surface area contributed by atoms with Gasteiger partial charge in [-0.25, -0.2) is 9.97 Å². The highest BCUT2D eigenvalue weighted by Gasteiger charge is 2.50. The van der Waals surface area contributed by atoms with Gasteiger partial charge in [0.1, 0.15) is 22.4 Å². The predicted molar refractivity (Wildman–Crippen MR) is 306 cm³/mol. The largest absolute Gasteiger partial charge is 0.434 e. The van der Waals surface area contributed by atoms with Crippen molar-refractivity contribution in [2.75, 3.05) is 9.80 Å². The molecule has 76 heavy (non-hydrogen) atoms. The molecule has 2 aliphatic rings. The van der Waals surface area contributed by atoms with Crippen molar-refractivity contribution in [1.29, 1.82) is 0 Å². The van der Waals surface area contributed by atoms with E-state index in [2.05, 4.69) is 252 Å². The first-order valence-electron chi connectivity index (χ1n) is 25.8. The van der Waals surface area contributed by atoms with Gasteiger partial charge in [0.05, 0.1) is 33.6 Å². The van der Waals surface area contributed by atoms with Crippen molar-refractivity contribution in [2.24, 2.45) is 0 Å². The lowest BCUT2D eigenvalue weighted by Crippen LogP contribution is -2.38. The van der Waals surface area contributed by atoms with Gasteiger partial charge >= 0.3 is 0 Å². The van der Waals surface area contributed by atoms with Gasteiger partial charge in [0.25, 0.3) is 0 Å². The number of aromatic nitrogens is 2. The minimum absolute atomic E-state index is 0.483. The number of hydrogen-bond donors (Lipinski definition) is 0. The summed E-state index contributed by atoms with van der Waals surface area (Å²) in [6.45, 7) is 0. The molecule has 358 valence electrons. The molecule has 4 heterocycles. The van der Waals surface area contributed by atoms with E-state index in [-0.39, 0.29) is 0 Å². The molecule has 15 rings (SSSR count). The summed E-state index contributed by atoms with van der Waals surface area (Å²) in [7, 11) is 0.